The van der Waals surface area contributed by atoms with Crippen molar-refractivity contribution < 1.29 is 0 Å². The molecule has 1 heterocycles. The molecule has 5 nitrogen and oxygen atoms in total. The normalized spacial score (nSPS) is 11.8. The lowest BCUT2D eigenvalue weighted by Crippen LogP contribution is -2.36. The molecule has 1 N–H and O–H groups in total. The number of rotatable bonds is 4. The summed E-state index contributed by atoms with van der Waals surface area (Å²) in [5.74, 6) is 0.845. The molecule has 0 aliphatic rings. The highest BCUT2D eigenvalue weighted by Gasteiger charge is 2.12. The van der Waals surface area contributed by atoms with Crippen LogP contribution < -0.4 is 5.32 Å². The maximum Gasteiger partial charge on any atom is 0.165 e. The van der Waals surface area contributed by atoms with E-state index in [1.165, 1.54) is 5.56 Å². The van der Waals surface area contributed by atoms with Gasteiger partial charge in [0.05, 0.1) is 13.1 Å². The van der Waals surface area contributed by atoms with Gasteiger partial charge in [-0.15, -0.1) is 5.10 Å². The van der Waals surface area contributed by atoms with Gasteiger partial charge in [-0.05, 0) is 48.9 Å². The van der Waals surface area contributed by atoms with Gasteiger partial charge < -0.3 is 5.32 Å². The van der Waals surface area contributed by atoms with Gasteiger partial charge in [-0.1, -0.05) is 28.1 Å². The lowest BCUT2D eigenvalue weighted by atomic mass is 10.1. The number of hydrogen-bond donors (Lipinski definition) is 1. The molecule has 0 aliphatic carbocycles. The lowest BCUT2D eigenvalue weighted by molar-refractivity contribution is 0.410. The SMILES string of the molecule is CC(C)(C)NCc1nnnn1Cc1ccc(Br)cc1. The second-order valence-corrected chi connectivity index (χ2v) is 6.40. The zero-order valence-corrected chi connectivity index (χ0v) is 13.0. The van der Waals surface area contributed by atoms with E-state index in [1.54, 1.807) is 0 Å². The van der Waals surface area contributed by atoms with E-state index in [2.05, 4.69) is 69.7 Å². The molecule has 19 heavy (non-hydrogen) atoms. The van der Waals surface area contributed by atoms with Crippen LogP contribution in [0.3, 0.4) is 0 Å². The van der Waals surface area contributed by atoms with E-state index in [0.717, 1.165) is 10.3 Å². The zero-order chi connectivity index (χ0) is 13.9. The summed E-state index contributed by atoms with van der Waals surface area (Å²) in [4.78, 5) is 0. The van der Waals surface area contributed by atoms with E-state index in [-0.39, 0.29) is 5.54 Å². The Morgan fingerprint density at radius 1 is 1.21 bits per heavy atom. The van der Waals surface area contributed by atoms with E-state index in [4.69, 9.17) is 0 Å². The Hall–Kier alpha value is -1.27. The molecular weight excluding hydrogens is 306 g/mol. The minimum atomic E-state index is 0.0500. The summed E-state index contributed by atoms with van der Waals surface area (Å²) in [6, 6.07) is 8.17. The molecule has 2 rings (SSSR count). The molecule has 0 aliphatic heterocycles. The Morgan fingerprint density at radius 2 is 1.89 bits per heavy atom. The molecule has 2 aromatic rings. The first kappa shape index (κ1) is 14.1. The van der Waals surface area contributed by atoms with Crippen molar-refractivity contribution in [3.63, 3.8) is 0 Å². The number of aromatic nitrogens is 4. The summed E-state index contributed by atoms with van der Waals surface area (Å²) >= 11 is 3.43. The molecular formula is C13H18BrN5. The highest BCUT2D eigenvalue weighted by molar-refractivity contribution is 9.10. The fourth-order valence-electron chi connectivity index (χ4n) is 1.58. The first-order valence-corrected chi connectivity index (χ1v) is 6.98. The molecule has 0 saturated heterocycles. The molecule has 0 spiro atoms. The van der Waals surface area contributed by atoms with Crippen LogP contribution in [-0.2, 0) is 13.1 Å². The van der Waals surface area contributed by atoms with E-state index >= 15 is 0 Å². The molecule has 0 saturated carbocycles. The smallest absolute Gasteiger partial charge is 0.165 e. The van der Waals surface area contributed by atoms with Gasteiger partial charge in [0.15, 0.2) is 5.82 Å². The molecule has 0 unspecified atom stereocenters. The van der Waals surface area contributed by atoms with Crippen molar-refractivity contribution in [3.8, 4) is 0 Å². The average molecular weight is 324 g/mol. The lowest BCUT2D eigenvalue weighted by Gasteiger charge is -2.19. The van der Waals surface area contributed by atoms with E-state index in [9.17, 15) is 0 Å². The molecule has 0 atom stereocenters. The zero-order valence-electron chi connectivity index (χ0n) is 11.4. The second-order valence-electron chi connectivity index (χ2n) is 5.48. The number of tetrazole rings is 1. The third kappa shape index (κ3) is 4.40. The largest absolute Gasteiger partial charge is 0.305 e. The Balaban J connectivity index is 2.05. The summed E-state index contributed by atoms with van der Waals surface area (Å²) in [5, 5.41) is 15.2. The molecule has 0 bridgehead atoms. The quantitative estimate of drug-likeness (QED) is 0.938. The second kappa shape index (κ2) is 5.79. The Morgan fingerprint density at radius 3 is 2.53 bits per heavy atom. The van der Waals surface area contributed by atoms with Gasteiger partial charge in [0.2, 0.25) is 0 Å². The molecule has 1 aromatic carbocycles. The maximum absolute atomic E-state index is 4.06. The molecule has 102 valence electrons. The Labute approximate surface area is 121 Å². The number of nitrogens with one attached hydrogen (secondary N) is 1. The summed E-state index contributed by atoms with van der Waals surface area (Å²) in [7, 11) is 0. The van der Waals surface area contributed by atoms with Crippen LogP contribution in [0, 0.1) is 0 Å². The van der Waals surface area contributed by atoms with Crippen molar-refractivity contribution in [3.05, 3.63) is 40.1 Å². The predicted molar refractivity (Wildman–Crippen MR) is 77.7 cm³/mol. The average Bonchev–Trinajstić information content (AvgIpc) is 2.76. The molecule has 6 heteroatoms. The number of nitrogens with zero attached hydrogens (tertiary/aromatic N) is 4. The Kier molecular flexibility index (Phi) is 4.31. The predicted octanol–water partition coefficient (Wildman–Crippen LogP) is 2.37. The number of hydrogen-bond acceptors (Lipinski definition) is 4. The molecule has 0 radical (unpaired) electrons. The summed E-state index contributed by atoms with van der Waals surface area (Å²) in [6.07, 6.45) is 0. The fraction of sp³-hybridized carbons (Fsp3) is 0.462. The van der Waals surface area contributed by atoms with Crippen LogP contribution >= 0.6 is 15.9 Å². The van der Waals surface area contributed by atoms with Crippen molar-refractivity contribution in [2.45, 2.75) is 39.4 Å². The Bertz CT molecular complexity index is 527. The maximum atomic E-state index is 4.06. The van der Waals surface area contributed by atoms with Gasteiger partial charge in [0, 0.05) is 10.0 Å². The van der Waals surface area contributed by atoms with Crippen molar-refractivity contribution in [2.75, 3.05) is 0 Å². The third-order valence-corrected chi connectivity index (χ3v) is 3.16. The number of benzene rings is 1. The van der Waals surface area contributed by atoms with Crippen LogP contribution in [0.4, 0.5) is 0 Å². The van der Waals surface area contributed by atoms with Gasteiger partial charge in [0.25, 0.3) is 0 Å². The highest BCUT2D eigenvalue weighted by Crippen LogP contribution is 2.11. The molecule has 0 amide bonds. The standard InChI is InChI=1S/C13H18BrN5/c1-13(2,3)15-8-12-16-17-18-19(12)9-10-4-6-11(14)7-5-10/h4-7,15H,8-9H2,1-3H3. The van der Waals surface area contributed by atoms with E-state index in [1.807, 2.05) is 16.8 Å². The van der Waals surface area contributed by atoms with Crippen LogP contribution in [0.15, 0.2) is 28.7 Å². The van der Waals surface area contributed by atoms with Gasteiger partial charge in [-0.3, -0.25) is 0 Å². The molecule has 1 aromatic heterocycles. The summed E-state index contributed by atoms with van der Waals surface area (Å²) in [5.41, 5.74) is 1.22. The van der Waals surface area contributed by atoms with Crippen molar-refractivity contribution in [2.24, 2.45) is 0 Å². The van der Waals surface area contributed by atoms with Crippen LogP contribution in [0.5, 0.6) is 0 Å². The first-order valence-electron chi connectivity index (χ1n) is 6.18. The minimum absolute atomic E-state index is 0.0500. The van der Waals surface area contributed by atoms with Crippen LogP contribution in [-0.4, -0.2) is 25.7 Å². The molecule has 0 fully saturated rings. The van der Waals surface area contributed by atoms with Gasteiger partial charge in [0.1, 0.15) is 0 Å². The number of halogens is 1. The van der Waals surface area contributed by atoms with Crippen LogP contribution in [0.1, 0.15) is 32.2 Å². The summed E-state index contributed by atoms with van der Waals surface area (Å²) in [6.45, 7) is 7.70. The van der Waals surface area contributed by atoms with E-state index in [0.29, 0.717) is 13.1 Å². The third-order valence-electron chi connectivity index (χ3n) is 2.63. The van der Waals surface area contributed by atoms with E-state index < -0.39 is 0 Å². The van der Waals surface area contributed by atoms with Crippen molar-refractivity contribution in [1.29, 1.82) is 0 Å². The van der Waals surface area contributed by atoms with Crippen molar-refractivity contribution >= 4 is 15.9 Å². The summed E-state index contributed by atoms with van der Waals surface area (Å²) < 4.78 is 2.89. The van der Waals surface area contributed by atoms with Crippen molar-refractivity contribution in [1.82, 2.24) is 25.5 Å². The highest BCUT2D eigenvalue weighted by atomic mass is 79.9. The first-order chi connectivity index (χ1) is 8.94. The van der Waals surface area contributed by atoms with Gasteiger partial charge in [-0.2, -0.15) is 0 Å². The van der Waals surface area contributed by atoms with Gasteiger partial charge >= 0.3 is 0 Å². The topological polar surface area (TPSA) is 55.6 Å². The monoisotopic (exact) mass is 323 g/mol. The van der Waals surface area contributed by atoms with Gasteiger partial charge in [-0.25, -0.2) is 4.68 Å². The van der Waals surface area contributed by atoms with Crippen LogP contribution in [0.25, 0.3) is 0 Å². The fourth-order valence-corrected chi connectivity index (χ4v) is 1.84. The minimum Gasteiger partial charge on any atom is -0.305 e. The van der Waals surface area contributed by atoms with Crippen LogP contribution in [0.2, 0.25) is 0 Å².